The van der Waals surface area contributed by atoms with Crippen LogP contribution in [0.2, 0.25) is 0 Å². The van der Waals surface area contributed by atoms with Gasteiger partial charge in [-0.3, -0.25) is 0 Å². The number of methoxy groups -OCH3 is 1. The summed E-state index contributed by atoms with van der Waals surface area (Å²) in [6, 6.07) is 3.70. The first-order valence-corrected chi connectivity index (χ1v) is 5.18. The molecule has 2 rings (SSSR count). The molecule has 1 aromatic heterocycles. The molecule has 1 aliphatic rings. The molecule has 0 amide bonds. The highest BCUT2D eigenvalue weighted by molar-refractivity contribution is 5.42. The Morgan fingerprint density at radius 1 is 1.53 bits per heavy atom. The molecule has 1 saturated carbocycles. The summed E-state index contributed by atoms with van der Waals surface area (Å²) < 4.78 is 4.96. The fourth-order valence-electron chi connectivity index (χ4n) is 1.63. The van der Waals surface area contributed by atoms with Gasteiger partial charge in [-0.15, -0.1) is 0 Å². The van der Waals surface area contributed by atoms with E-state index in [0.29, 0.717) is 12.4 Å². The van der Waals surface area contributed by atoms with E-state index < -0.39 is 5.60 Å². The molecular weight excluding hydrogens is 192 g/mol. The topological polar surface area (TPSA) is 54.4 Å². The van der Waals surface area contributed by atoms with E-state index in [0.717, 1.165) is 24.9 Å². The third-order valence-corrected chi connectivity index (χ3v) is 2.85. The molecule has 0 bridgehead atoms. The zero-order chi connectivity index (χ0) is 10.7. The minimum Gasteiger partial charge on any atom is -0.481 e. The lowest BCUT2D eigenvalue weighted by Gasteiger charge is -2.36. The molecule has 15 heavy (non-hydrogen) atoms. The second kappa shape index (κ2) is 4.06. The smallest absolute Gasteiger partial charge is 0.213 e. The van der Waals surface area contributed by atoms with Crippen LogP contribution in [-0.2, 0) is 0 Å². The van der Waals surface area contributed by atoms with Crippen molar-refractivity contribution in [3.8, 4) is 5.88 Å². The maximum absolute atomic E-state index is 9.86. The Morgan fingerprint density at radius 3 is 2.80 bits per heavy atom. The van der Waals surface area contributed by atoms with Crippen LogP contribution in [0.15, 0.2) is 18.3 Å². The van der Waals surface area contributed by atoms with Crippen molar-refractivity contribution in [2.75, 3.05) is 19.0 Å². The molecule has 0 radical (unpaired) electrons. The summed E-state index contributed by atoms with van der Waals surface area (Å²) in [5.74, 6) is 0.600. The molecular formula is C11H16N2O2. The van der Waals surface area contributed by atoms with E-state index in [9.17, 15) is 5.11 Å². The highest BCUT2D eigenvalue weighted by Crippen LogP contribution is 2.31. The number of hydrogen-bond acceptors (Lipinski definition) is 4. The van der Waals surface area contributed by atoms with Crippen LogP contribution in [0.4, 0.5) is 5.69 Å². The minimum absolute atomic E-state index is 0.500. The van der Waals surface area contributed by atoms with Gasteiger partial charge in [-0.1, -0.05) is 0 Å². The van der Waals surface area contributed by atoms with Crippen LogP contribution in [-0.4, -0.2) is 29.3 Å². The number of nitrogens with one attached hydrogen (secondary N) is 1. The minimum atomic E-state index is -0.500. The van der Waals surface area contributed by atoms with Gasteiger partial charge in [0.1, 0.15) is 0 Å². The van der Waals surface area contributed by atoms with E-state index in [-0.39, 0.29) is 0 Å². The number of aliphatic hydroxyl groups is 1. The van der Waals surface area contributed by atoms with E-state index in [2.05, 4.69) is 10.3 Å². The van der Waals surface area contributed by atoms with Crippen LogP contribution >= 0.6 is 0 Å². The van der Waals surface area contributed by atoms with Gasteiger partial charge in [-0.05, 0) is 25.3 Å². The van der Waals surface area contributed by atoms with Gasteiger partial charge in [0, 0.05) is 12.6 Å². The number of rotatable bonds is 4. The third kappa shape index (κ3) is 2.39. The summed E-state index contributed by atoms with van der Waals surface area (Å²) in [7, 11) is 1.59. The Balaban J connectivity index is 1.87. The molecule has 1 aromatic rings. The number of hydrogen-bond donors (Lipinski definition) is 2. The first-order valence-electron chi connectivity index (χ1n) is 5.18. The quantitative estimate of drug-likeness (QED) is 0.785. The van der Waals surface area contributed by atoms with Gasteiger partial charge in [0.25, 0.3) is 0 Å². The Kier molecular flexibility index (Phi) is 2.77. The molecule has 0 aromatic carbocycles. The fourth-order valence-corrected chi connectivity index (χ4v) is 1.63. The molecule has 82 valence electrons. The highest BCUT2D eigenvalue weighted by Gasteiger charge is 2.33. The van der Waals surface area contributed by atoms with Crippen molar-refractivity contribution >= 4 is 5.69 Å². The van der Waals surface area contributed by atoms with Crippen LogP contribution in [0.3, 0.4) is 0 Å². The predicted molar refractivity (Wildman–Crippen MR) is 58.1 cm³/mol. The van der Waals surface area contributed by atoms with E-state index in [1.54, 1.807) is 19.4 Å². The third-order valence-electron chi connectivity index (χ3n) is 2.85. The van der Waals surface area contributed by atoms with Crippen LogP contribution in [0, 0.1) is 0 Å². The number of pyridine rings is 1. The number of anilines is 1. The average molecular weight is 208 g/mol. The Morgan fingerprint density at radius 2 is 2.33 bits per heavy atom. The lowest BCUT2D eigenvalue weighted by atomic mass is 9.80. The van der Waals surface area contributed by atoms with Crippen LogP contribution in [0.1, 0.15) is 19.3 Å². The van der Waals surface area contributed by atoms with E-state index >= 15 is 0 Å². The second-order valence-corrected chi connectivity index (χ2v) is 4.02. The van der Waals surface area contributed by atoms with Gasteiger partial charge in [-0.2, -0.15) is 0 Å². The largest absolute Gasteiger partial charge is 0.481 e. The van der Waals surface area contributed by atoms with Crippen molar-refractivity contribution in [1.82, 2.24) is 4.98 Å². The molecule has 1 heterocycles. The first-order chi connectivity index (χ1) is 7.22. The van der Waals surface area contributed by atoms with Crippen molar-refractivity contribution < 1.29 is 9.84 Å². The van der Waals surface area contributed by atoms with Crippen LogP contribution in [0.25, 0.3) is 0 Å². The zero-order valence-corrected chi connectivity index (χ0v) is 8.86. The number of aromatic nitrogens is 1. The van der Waals surface area contributed by atoms with E-state index in [1.807, 2.05) is 6.07 Å². The van der Waals surface area contributed by atoms with E-state index in [1.165, 1.54) is 0 Å². The maximum atomic E-state index is 9.86. The van der Waals surface area contributed by atoms with Crippen molar-refractivity contribution in [1.29, 1.82) is 0 Å². The van der Waals surface area contributed by atoms with Gasteiger partial charge in [0.05, 0.1) is 24.6 Å². The van der Waals surface area contributed by atoms with Crippen molar-refractivity contribution in [2.45, 2.75) is 24.9 Å². The van der Waals surface area contributed by atoms with Crippen molar-refractivity contribution in [2.24, 2.45) is 0 Å². The molecule has 4 heteroatoms. The van der Waals surface area contributed by atoms with Gasteiger partial charge >= 0.3 is 0 Å². The molecule has 1 fully saturated rings. The Hall–Kier alpha value is -1.29. The van der Waals surface area contributed by atoms with Crippen molar-refractivity contribution in [3.05, 3.63) is 18.3 Å². The van der Waals surface area contributed by atoms with Gasteiger partial charge < -0.3 is 15.2 Å². The maximum Gasteiger partial charge on any atom is 0.213 e. The molecule has 0 unspecified atom stereocenters. The lowest BCUT2D eigenvalue weighted by molar-refractivity contribution is -0.0202. The summed E-state index contributed by atoms with van der Waals surface area (Å²) in [5.41, 5.74) is 0.413. The number of nitrogens with zero attached hydrogens (tertiary/aromatic N) is 1. The Labute approximate surface area is 89.3 Å². The fraction of sp³-hybridized carbons (Fsp3) is 0.545. The lowest BCUT2D eigenvalue weighted by Crippen LogP contribution is -2.43. The standard InChI is InChI=1S/C11H16N2O2/c1-15-10-4-3-9(7-12-10)13-8-11(14)5-2-6-11/h3-4,7,13-14H,2,5-6,8H2,1H3. The molecule has 0 saturated heterocycles. The van der Waals surface area contributed by atoms with Crippen LogP contribution in [0.5, 0.6) is 5.88 Å². The molecule has 2 N–H and O–H groups in total. The summed E-state index contributed by atoms with van der Waals surface area (Å²) in [6.07, 6.45) is 4.62. The van der Waals surface area contributed by atoms with Gasteiger partial charge in [0.2, 0.25) is 5.88 Å². The first kappa shape index (κ1) is 10.2. The molecule has 4 nitrogen and oxygen atoms in total. The predicted octanol–water partition coefficient (Wildman–Crippen LogP) is 1.42. The second-order valence-electron chi connectivity index (χ2n) is 4.02. The highest BCUT2D eigenvalue weighted by atomic mass is 16.5. The van der Waals surface area contributed by atoms with E-state index in [4.69, 9.17) is 4.74 Å². The van der Waals surface area contributed by atoms with Gasteiger partial charge in [-0.25, -0.2) is 4.98 Å². The molecule has 1 aliphatic carbocycles. The zero-order valence-electron chi connectivity index (χ0n) is 8.86. The normalized spacial score (nSPS) is 18.0. The average Bonchev–Trinajstić information content (AvgIpc) is 2.24. The Bertz CT molecular complexity index is 320. The van der Waals surface area contributed by atoms with Crippen molar-refractivity contribution in [3.63, 3.8) is 0 Å². The SMILES string of the molecule is COc1ccc(NCC2(O)CCC2)cn1. The monoisotopic (exact) mass is 208 g/mol. The summed E-state index contributed by atoms with van der Waals surface area (Å²) >= 11 is 0. The number of ether oxygens (including phenoxy) is 1. The van der Waals surface area contributed by atoms with Crippen LogP contribution < -0.4 is 10.1 Å². The van der Waals surface area contributed by atoms with Gasteiger partial charge in [0.15, 0.2) is 0 Å². The molecule has 0 spiro atoms. The molecule has 0 aliphatic heterocycles. The summed E-state index contributed by atoms with van der Waals surface area (Å²) in [6.45, 7) is 0.598. The molecule has 0 atom stereocenters. The summed E-state index contributed by atoms with van der Waals surface area (Å²) in [5, 5.41) is 13.0. The summed E-state index contributed by atoms with van der Waals surface area (Å²) in [4.78, 5) is 4.08.